The van der Waals surface area contributed by atoms with Gasteiger partial charge in [0.15, 0.2) is 0 Å². The van der Waals surface area contributed by atoms with Gasteiger partial charge in [0.1, 0.15) is 0 Å². The van der Waals surface area contributed by atoms with Crippen LogP contribution >= 0.6 is 0 Å². The van der Waals surface area contributed by atoms with Crippen LogP contribution in [-0.2, 0) is 16.0 Å². The standard InChI is InChI=1S/C13H18O2/c1-3-15-13(14)6-4-5-12-9-7-11(2)8-10-12/h7-10H,3-6H2,1-2H3. The first-order chi connectivity index (χ1) is 7.22. The molecule has 0 N–H and O–H groups in total. The van der Waals surface area contributed by atoms with E-state index in [2.05, 4.69) is 31.2 Å². The van der Waals surface area contributed by atoms with Gasteiger partial charge in [0.2, 0.25) is 0 Å². The van der Waals surface area contributed by atoms with Gasteiger partial charge in [0, 0.05) is 6.42 Å². The highest BCUT2D eigenvalue weighted by molar-refractivity contribution is 5.69. The largest absolute Gasteiger partial charge is 0.466 e. The average molecular weight is 206 g/mol. The Morgan fingerprint density at radius 2 is 1.93 bits per heavy atom. The van der Waals surface area contributed by atoms with E-state index in [9.17, 15) is 4.79 Å². The third-order valence-electron chi connectivity index (χ3n) is 2.27. The smallest absolute Gasteiger partial charge is 0.305 e. The molecule has 0 bridgehead atoms. The van der Waals surface area contributed by atoms with Crippen LogP contribution in [0.1, 0.15) is 30.9 Å². The highest BCUT2D eigenvalue weighted by Crippen LogP contribution is 2.07. The van der Waals surface area contributed by atoms with Crippen molar-refractivity contribution in [3.63, 3.8) is 0 Å². The van der Waals surface area contributed by atoms with Gasteiger partial charge in [-0.05, 0) is 32.3 Å². The zero-order valence-electron chi connectivity index (χ0n) is 9.45. The second kappa shape index (κ2) is 6.23. The van der Waals surface area contributed by atoms with Gasteiger partial charge in [-0.1, -0.05) is 29.8 Å². The molecule has 2 heteroatoms. The van der Waals surface area contributed by atoms with E-state index in [1.54, 1.807) is 0 Å². The Hall–Kier alpha value is -1.31. The van der Waals surface area contributed by atoms with Crippen molar-refractivity contribution in [2.24, 2.45) is 0 Å². The molecule has 0 aliphatic carbocycles. The fraction of sp³-hybridized carbons (Fsp3) is 0.462. The molecule has 0 aromatic heterocycles. The van der Waals surface area contributed by atoms with Gasteiger partial charge in [-0.2, -0.15) is 0 Å². The molecule has 0 amide bonds. The van der Waals surface area contributed by atoms with Crippen molar-refractivity contribution in [2.75, 3.05) is 6.61 Å². The van der Waals surface area contributed by atoms with Crippen molar-refractivity contribution in [1.82, 2.24) is 0 Å². The normalized spacial score (nSPS) is 10.0. The highest BCUT2D eigenvalue weighted by Gasteiger charge is 2.01. The number of benzene rings is 1. The fourth-order valence-electron chi connectivity index (χ4n) is 1.42. The number of aryl methyl sites for hydroxylation is 2. The van der Waals surface area contributed by atoms with E-state index < -0.39 is 0 Å². The minimum absolute atomic E-state index is 0.0930. The monoisotopic (exact) mass is 206 g/mol. The van der Waals surface area contributed by atoms with Crippen LogP contribution in [0, 0.1) is 6.92 Å². The topological polar surface area (TPSA) is 26.3 Å². The van der Waals surface area contributed by atoms with E-state index in [0.717, 1.165) is 12.8 Å². The lowest BCUT2D eigenvalue weighted by atomic mass is 10.1. The van der Waals surface area contributed by atoms with E-state index in [4.69, 9.17) is 4.74 Å². The van der Waals surface area contributed by atoms with Gasteiger partial charge in [-0.15, -0.1) is 0 Å². The van der Waals surface area contributed by atoms with E-state index in [-0.39, 0.29) is 5.97 Å². The predicted octanol–water partition coefficient (Wildman–Crippen LogP) is 2.88. The number of ether oxygens (including phenoxy) is 1. The molecule has 15 heavy (non-hydrogen) atoms. The molecule has 0 fully saturated rings. The Bertz CT molecular complexity index is 301. The van der Waals surface area contributed by atoms with E-state index in [1.165, 1.54) is 11.1 Å². The summed E-state index contributed by atoms with van der Waals surface area (Å²) in [5.41, 5.74) is 2.55. The molecule has 0 saturated carbocycles. The van der Waals surface area contributed by atoms with Gasteiger partial charge < -0.3 is 4.74 Å². The number of esters is 1. The summed E-state index contributed by atoms with van der Waals surface area (Å²) >= 11 is 0. The number of carbonyl (C=O) groups is 1. The maximum Gasteiger partial charge on any atom is 0.305 e. The average Bonchev–Trinajstić information content (AvgIpc) is 2.21. The van der Waals surface area contributed by atoms with Crippen molar-refractivity contribution in [3.05, 3.63) is 35.4 Å². The van der Waals surface area contributed by atoms with Crippen LogP contribution in [0.25, 0.3) is 0 Å². The molecule has 1 aromatic rings. The van der Waals surface area contributed by atoms with Gasteiger partial charge >= 0.3 is 5.97 Å². The molecule has 2 nitrogen and oxygen atoms in total. The highest BCUT2D eigenvalue weighted by atomic mass is 16.5. The molecule has 0 saturated heterocycles. The van der Waals surface area contributed by atoms with Crippen LogP contribution in [0.3, 0.4) is 0 Å². The Balaban J connectivity index is 2.26. The van der Waals surface area contributed by atoms with Crippen LogP contribution < -0.4 is 0 Å². The minimum atomic E-state index is -0.0930. The molecule has 82 valence electrons. The van der Waals surface area contributed by atoms with Crippen LogP contribution in [0.5, 0.6) is 0 Å². The number of carbonyl (C=O) groups excluding carboxylic acids is 1. The lowest BCUT2D eigenvalue weighted by Crippen LogP contribution is -2.03. The van der Waals surface area contributed by atoms with Gasteiger partial charge in [0.05, 0.1) is 6.61 Å². The predicted molar refractivity (Wildman–Crippen MR) is 60.8 cm³/mol. The first-order valence-corrected chi connectivity index (χ1v) is 5.43. The molecule has 0 heterocycles. The first kappa shape index (κ1) is 11.8. The maximum absolute atomic E-state index is 11.1. The summed E-state index contributed by atoms with van der Waals surface area (Å²) in [6.45, 7) is 4.38. The van der Waals surface area contributed by atoms with Crippen molar-refractivity contribution < 1.29 is 9.53 Å². The SMILES string of the molecule is CCOC(=O)CCCc1ccc(C)cc1. The maximum atomic E-state index is 11.1. The van der Waals surface area contributed by atoms with E-state index in [0.29, 0.717) is 13.0 Å². The summed E-state index contributed by atoms with van der Waals surface area (Å²) in [6, 6.07) is 8.42. The molecule has 0 unspecified atom stereocenters. The lowest BCUT2D eigenvalue weighted by molar-refractivity contribution is -0.143. The molecule has 0 aliphatic rings. The number of hydrogen-bond acceptors (Lipinski definition) is 2. The zero-order valence-corrected chi connectivity index (χ0v) is 9.45. The third-order valence-corrected chi connectivity index (χ3v) is 2.27. The van der Waals surface area contributed by atoms with Crippen LogP contribution in [-0.4, -0.2) is 12.6 Å². The molecule has 0 atom stereocenters. The third kappa shape index (κ3) is 4.63. The Morgan fingerprint density at radius 1 is 1.27 bits per heavy atom. The fourth-order valence-corrected chi connectivity index (χ4v) is 1.42. The summed E-state index contributed by atoms with van der Waals surface area (Å²) in [6.07, 6.45) is 2.32. The van der Waals surface area contributed by atoms with Gasteiger partial charge in [-0.3, -0.25) is 4.79 Å². The lowest BCUT2D eigenvalue weighted by Gasteiger charge is -2.02. The molecule has 1 rings (SSSR count). The van der Waals surface area contributed by atoms with E-state index >= 15 is 0 Å². The van der Waals surface area contributed by atoms with Crippen LogP contribution in [0.2, 0.25) is 0 Å². The minimum Gasteiger partial charge on any atom is -0.466 e. The summed E-state index contributed by atoms with van der Waals surface area (Å²) in [4.78, 5) is 11.1. The summed E-state index contributed by atoms with van der Waals surface area (Å²) in [5.74, 6) is -0.0930. The Morgan fingerprint density at radius 3 is 2.53 bits per heavy atom. The quantitative estimate of drug-likeness (QED) is 0.692. The second-order valence-corrected chi connectivity index (χ2v) is 3.64. The number of rotatable bonds is 5. The molecular weight excluding hydrogens is 188 g/mol. The van der Waals surface area contributed by atoms with Crippen molar-refractivity contribution in [1.29, 1.82) is 0 Å². The van der Waals surface area contributed by atoms with Crippen molar-refractivity contribution in [2.45, 2.75) is 33.1 Å². The summed E-state index contributed by atoms with van der Waals surface area (Å²) in [7, 11) is 0. The van der Waals surface area contributed by atoms with Crippen molar-refractivity contribution in [3.8, 4) is 0 Å². The first-order valence-electron chi connectivity index (χ1n) is 5.43. The molecule has 0 radical (unpaired) electrons. The van der Waals surface area contributed by atoms with Gasteiger partial charge in [0.25, 0.3) is 0 Å². The van der Waals surface area contributed by atoms with Crippen LogP contribution in [0.15, 0.2) is 24.3 Å². The Labute approximate surface area is 91.3 Å². The molecule has 0 aliphatic heterocycles. The van der Waals surface area contributed by atoms with E-state index in [1.807, 2.05) is 6.92 Å². The zero-order chi connectivity index (χ0) is 11.1. The summed E-state index contributed by atoms with van der Waals surface area (Å²) < 4.78 is 4.86. The molecule has 1 aromatic carbocycles. The van der Waals surface area contributed by atoms with Crippen LogP contribution in [0.4, 0.5) is 0 Å². The molecular formula is C13H18O2. The summed E-state index contributed by atoms with van der Waals surface area (Å²) in [5, 5.41) is 0. The van der Waals surface area contributed by atoms with Crippen molar-refractivity contribution >= 4 is 5.97 Å². The Kier molecular flexibility index (Phi) is 4.88. The molecule has 0 spiro atoms. The van der Waals surface area contributed by atoms with Gasteiger partial charge in [-0.25, -0.2) is 0 Å². The number of hydrogen-bond donors (Lipinski definition) is 0. The second-order valence-electron chi connectivity index (χ2n) is 3.64.